The first-order valence-electron chi connectivity index (χ1n) is 10.9. The maximum atomic E-state index is 13.6. The highest BCUT2D eigenvalue weighted by atomic mass is 35.5. The van der Waals surface area contributed by atoms with Crippen LogP contribution in [0, 0.1) is 0 Å². The summed E-state index contributed by atoms with van der Waals surface area (Å²) in [6.45, 7) is 1.34. The standard InChI is InChI=1S/C25H16ClF6N5O2/c1-13(38)33-16-9-11-17(12-10-16)34-22-35-21(14-5-7-15(8-6-14)24(27,28)29)36-23(37-22)39-20-18(25(30,31)32)3-2-4-19(20)26/h2-12H,1H3,(H,33,38)(H,34,35,36,37). The zero-order chi connectivity index (χ0) is 28.4. The van der Waals surface area contributed by atoms with Gasteiger partial charge < -0.3 is 15.4 Å². The number of carbonyl (C=O) groups is 1. The van der Waals surface area contributed by atoms with Crippen molar-refractivity contribution in [1.82, 2.24) is 15.0 Å². The van der Waals surface area contributed by atoms with Crippen molar-refractivity contribution in [2.45, 2.75) is 19.3 Å². The Balaban J connectivity index is 1.75. The van der Waals surface area contributed by atoms with Crippen LogP contribution in [0.5, 0.6) is 11.8 Å². The highest BCUT2D eigenvalue weighted by Crippen LogP contribution is 2.42. The first-order valence-corrected chi connectivity index (χ1v) is 11.3. The number of alkyl halides is 6. The van der Waals surface area contributed by atoms with Crippen molar-refractivity contribution in [3.05, 3.63) is 82.9 Å². The Hall–Kier alpha value is -4.39. The number of para-hydroxylation sites is 1. The van der Waals surface area contributed by atoms with Crippen LogP contribution in [0.4, 0.5) is 43.7 Å². The maximum Gasteiger partial charge on any atom is 0.420 e. The van der Waals surface area contributed by atoms with Gasteiger partial charge in [-0.3, -0.25) is 4.79 Å². The number of hydrogen-bond donors (Lipinski definition) is 2. The van der Waals surface area contributed by atoms with Crippen LogP contribution in [0.3, 0.4) is 0 Å². The molecule has 0 saturated carbocycles. The van der Waals surface area contributed by atoms with Gasteiger partial charge in [0.2, 0.25) is 11.9 Å². The Bertz CT molecular complexity index is 1490. The van der Waals surface area contributed by atoms with Crippen LogP contribution in [0.15, 0.2) is 66.7 Å². The fraction of sp³-hybridized carbons (Fsp3) is 0.120. The molecule has 0 bridgehead atoms. The number of nitrogens with zero attached hydrogens (tertiary/aromatic N) is 3. The molecule has 3 aromatic carbocycles. The number of carbonyl (C=O) groups excluding carboxylic acids is 1. The number of ether oxygens (including phenoxy) is 1. The Morgan fingerprint density at radius 3 is 2.05 bits per heavy atom. The van der Waals surface area contributed by atoms with Crippen molar-refractivity contribution in [3.63, 3.8) is 0 Å². The Morgan fingerprint density at radius 1 is 0.821 bits per heavy atom. The Kier molecular flexibility index (Phi) is 7.63. The van der Waals surface area contributed by atoms with Crippen LogP contribution in [0.1, 0.15) is 18.1 Å². The van der Waals surface area contributed by atoms with Gasteiger partial charge in [-0.1, -0.05) is 29.8 Å². The first kappa shape index (κ1) is 27.6. The van der Waals surface area contributed by atoms with Gasteiger partial charge in [0.15, 0.2) is 11.6 Å². The van der Waals surface area contributed by atoms with E-state index in [4.69, 9.17) is 16.3 Å². The number of rotatable bonds is 6. The monoisotopic (exact) mass is 567 g/mol. The van der Waals surface area contributed by atoms with Gasteiger partial charge in [0.05, 0.1) is 16.1 Å². The fourth-order valence-electron chi connectivity index (χ4n) is 3.29. The smallest absolute Gasteiger partial charge is 0.420 e. The zero-order valence-corrected chi connectivity index (χ0v) is 20.4. The van der Waals surface area contributed by atoms with Crippen molar-refractivity contribution in [3.8, 4) is 23.1 Å². The molecule has 0 unspecified atom stereocenters. The second-order valence-corrected chi connectivity index (χ2v) is 8.35. The molecule has 0 atom stereocenters. The van der Waals surface area contributed by atoms with Gasteiger partial charge >= 0.3 is 18.4 Å². The second kappa shape index (κ2) is 10.8. The van der Waals surface area contributed by atoms with E-state index in [9.17, 15) is 31.1 Å². The fourth-order valence-corrected chi connectivity index (χ4v) is 3.50. The van der Waals surface area contributed by atoms with E-state index >= 15 is 0 Å². The summed E-state index contributed by atoms with van der Waals surface area (Å²) in [4.78, 5) is 23.4. The van der Waals surface area contributed by atoms with Gasteiger partial charge in [-0.2, -0.15) is 41.3 Å². The van der Waals surface area contributed by atoms with E-state index in [-0.39, 0.29) is 28.3 Å². The Labute approximate surface area is 221 Å². The molecule has 0 aliphatic rings. The third kappa shape index (κ3) is 6.93. The number of benzene rings is 3. The minimum Gasteiger partial charge on any atom is -0.422 e. The number of hydrogen-bond acceptors (Lipinski definition) is 6. The number of halogens is 7. The van der Waals surface area contributed by atoms with E-state index in [1.165, 1.54) is 13.0 Å². The maximum absolute atomic E-state index is 13.6. The van der Waals surface area contributed by atoms with Gasteiger partial charge in [-0.25, -0.2) is 0 Å². The highest BCUT2D eigenvalue weighted by Gasteiger charge is 2.36. The number of nitrogens with one attached hydrogen (secondary N) is 2. The molecular formula is C25H16ClF6N5O2. The van der Waals surface area contributed by atoms with E-state index in [0.717, 1.165) is 36.4 Å². The number of anilines is 3. The molecule has 7 nitrogen and oxygen atoms in total. The molecule has 202 valence electrons. The van der Waals surface area contributed by atoms with Crippen molar-refractivity contribution in [2.24, 2.45) is 0 Å². The predicted molar refractivity (Wildman–Crippen MR) is 131 cm³/mol. The van der Waals surface area contributed by atoms with Gasteiger partial charge in [0.1, 0.15) is 0 Å². The van der Waals surface area contributed by atoms with Crippen LogP contribution >= 0.6 is 11.6 Å². The summed E-state index contributed by atoms with van der Waals surface area (Å²) in [5.41, 5.74) is -1.09. The molecule has 0 spiro atoms. The molecule has 0 fully saturated rings. The largest absolute Gasteiger partial charge is 0.422 e. The van der Waals surface area contributed by atoms with E-state index in [1.807, 2.05) is 0 Å². The van der Waals surface area contributed by atoms with Gasteiger partial charge in [0, 0.05) is 23.9 Å². The molecule has 2 N–H and O–H groups in total. The van der Waals surface area contributed by atoms with Crippen LogP contribution in [-0.2, 0) is 17.1 Å². The van der Waals surface area contributed by atoms with Crippen LogP contribution in [-0.4, -0.2) is 20.9 Å². The topological polar surface area (TPSA) is 89.0 Å². The lowest BCUT2D eigenvalue weighted by molar-refractivity contribution is -0.139. The van der Waals surface area contributed by atoms with E-state index in [0.29, 0.717) is 11.4 Å². The van der Waals surface area contributed by atoms with Crippen LogP contribution < -0.4 is 15.4 Å². The predicted octanol–water partition coefficient (Wildman–Crippen LogP) is 7.72. The molecule has 39 heavy (non-hydrogen) atoms. The number of aromatic nitrogens is 3. The normalized spacial score (nSPS) is 11.7. The Morgan fingerprint density at radius 2 is 1.46 bits per heavy atom. The van der Waals surface area contributed by atoms with Gasteiger partial charge in [-0.05, 0) is 48.5 Å². The summed E-state index contributed by atoms with van der Waals surface area (Å²) < 4.78 is 85.1. The molecule has 1 heterocycles. The van der Waals surface area contributed by atoms with Crippen LogP contribution in [0.25, 0.3) is 11.4 Å². The lowest BCUT2D eigenvalue weighted by atomic mass is 10.1. The highest BCUT2D eigenvalue weighted by molar-refractivity contribution is 6.32. The van der Waals surface area contributed by atoms with Gasteiger partial charge in [0.25, 0.3) is 0 Å². The van der Waals surface area contributed by atoms with Crippen molar-refractivity contribution >= 4 is 34.8 Å². The summed E-state index contributed by atoms with van der Waals surface area (Å²) in [6, 6.07) is 12.5. The van der Waals surface area contributed by atoms with Crippen molar-refractivity contribution in [2.75, 3.05) is 10.6 Å². The van der Waals surface area contributed by atoms with Crippen LogP contribution in [0.2, 0.25) is 5.02 Å². The summed E-state index contributed by atoms with van der Waals surface area (Å²) in [7, 11) is 0. The van der Waals surface area contributed by atoms with E-state index in [1.54, 1.807) is 24.3 Å². The van der Waals surface area contributed by atoms with E-state index < -0.39 is 35.2 Å². The summed E-state index contributed by atoms with van der Waals surface area (Å²) in [5, 5.41) is 5.04. The molecular weight excluding hydrogens is 552 g/mol. The molecule has 1 aromatic heterocycles. The molecule has 0 aliphatic heterocycles. The first-order chi connectivity index (χ1) is 18.3. The van der Waals surface area contributed by atoms with Crippen molar-refractivity contribution < 1.29 is 35.9 Å². The average molecular weight is 568 g/mol. The zero-order valence-electron chi connectivity index (χ0n) is 19.7. The summed E-state index contributed by atoms with van der Waals surface area (Å²) >= 11 is 5.97. The third-order valence-electron chi connectivity index (χ3n) is 5.01. The lowest BCUT2D eigenvalue weighted by Gasteiger charge is -2.15. The number of amides is 1. The molecule has 14 heteroatoms. The molecule has 0 radical (unpaired) electrons. The summed E-state index contributed by atoms with van der Waals surface area (Å²) in [6.07, 6.45) is -9.40. The minimum atomic E-state index is -4.82. The minimum absolute atomic E-state index is 0.106. The molecule has 0 aliphatic carbocycles. The quantitative estimate of drug-likeness (QED) is 0.232. The molecule has 4 rings (SSSR count). The van der Waals surface area contributed by atoms with Crippen molar-refractivity contribution in [1.29, 1.82) is 0 Å². The average Bonchev–Trinajstić information content (AvgIpc) is 2.85. The second-order valence-electron chi connectivity index (χ2n) is 7.94. The molecule has 0 saturated heterocycles. The molecule has 4 aromatic rings. The lowest BCUT2D eigenvalue weighted by Crippen LogP contribution is -2.09. The summed E-state index contributed by atoms with van der Waals surface area (Å²) in [5.74, 6) is -1.43. The van der Waals surface area contributed by atoms with E-state index in [2.05, 4.69) is 25.6 Å². The van der Waals surface area contributed by atoms with Gasteiger partial charge in [-0.15, -0.1) is 0 Å². The molecule has 1 amide bonds. The SMILES string of the molecule is CC(=O)Nc1ccc(Nc2nc(Oc3c(Cl)cccc3C(F)(F)F)nc(-c3ccc(C(F)(F)F)cc3)n2)cc1. The third-order valence-corrected chi connectivity index (χ3v) is 5.31.